The van der Waals surface area contributed by atoms with Crippen molar-refractivity contribution in [3.05, 3.63) is 76.4 Å². The van der Waals surface area contributed by atoms with Crippen LogP contribution < -0.4 is 4.90 Å². The number of carbonyl (C=O) groups excluding carboxylic acids is 2. The maximum absolute atomic E-state index is 12.5. The highest BCUT2D eigenvalue weighted by Gasteiger charge is 2.51. The molecule has 0 radical (unpaired) electrons. The Hall–Kier alpha value is -3.48. The first-order valence-electron chi connectivity index (χ1n) is 7.96. The largest absolute Gasteiger partial charge is 0.450 e. The lowest BCUT2D eigenvalue weighted by Crippen LogP contribution is -2.65. The topological polar surface area (TPSA) is 89.8 Å². The van der Waals surface area contributed by atoms with Crippen molar-refractivity contribution in [3.63, 3.8) is 0 Å². The summed E-state index contributed by atoms with van der Waals surface area (Å²) >= 11 is 0. The highest BCUT2D eigenvalue weighted by molar-refractivity contribution is 6.08. The summed E-state index contributed by atoms with van der Waals surface area (Å²) in [5, 5.41) is 11.3. The van der Waals surface area contributed by atoms with Crippen LogP contribution in [0.3, 0.4) is 0 Å². The van der Waals surface area contributed by atoms with E-state index in [0.717, 1.165) is 5.56 Å². The molecule has 1 aliphatic rings. The SMILES string of the molecule is CC(=O)O[C@@H]1C(=O)N(c2ccccc2[N+](=O)[O-])[C@H]1/C=C/c1ccccc1. The van der Waals surface area contributed by atoms with Crippen molar-refractivity contribution >= 4 is 29.3 Å². The van der Waals surface area contributed by atoms with E-state index in [9.17, 15) is 19.7 Å². The molecule has 1 amide bonds. The van der Waals surface area contributed by atoms with E-state index >= 15 is 0 Å². The number of hydrogen-bond donors (Lipinski definition) is 0. The van der Waals surface area contributed by atoms with E-state index < -0.39 is 28.9 Å². The highest BCUT2D eigenvalue weighted by Crippen LogP contribution is 2.37. The maximum Gasteiger partial charge on any atom is 0.303 e. The van der Waals surface area contributed by atoms with Crippen molar-refractivity contribution in [3.8, 4) is 0 Å². The van der Waals surface area contributed by atoms with Gasteiger partial charge in [-0.3, -0.25) is 24.6 Å². The number of para-hydroxylation sites is 2. The van der Waals surface area contributed by atoms with Crippen LogP contribution in [0.2, 0.25) is 0 Å². The summed E-state index contributed by atoms with van der Waals surface area (Å²) in [5.74, 6) is -1.07. The predicted octanol–water partition coefficient (Wildman–Crippen LogP) is 2.96. The fourth-order valence-corrected chi connectivity index (χ4v) is 2.84. The number of amides is 1. The van der Waals surface area contributed by atoms with Gasteiger partial charge in [0.05, 0.1) is 4.92 Å². The van der Waals surface area contributed by atoms with E-state index in [-0.39, 0.29) is 11.4 Å². The monoisotopic (exact) mass is 352 g/mol. The molecule has 0 spiro atoms. The molecule has 1 saturated heterocycles. The first kappa shape index (κ1) is 17.3. The van der Waals surface area contributed by atoms with Crippen LogP contribution in [0.4, 0.5) is 11.4 Å². The van der Waals surface area contributed by atoms with Crippen LogP contribution in [0.5, 0.6) is 0 Å². The zero-order valence-electron chi connectivity index (χ0n) is 13.9. The third-order valence-corrected chi connectivity index (χ3v) is 4.01. The molecule has 7 nitrogen and oxygen atoms in total. The van der Waals surface area contributed by atoms with Crippen molar-refractivity contribution in [1.82, 2.24) is 0 Å². The normalized spacial score (nSPS) is 19.3. The van der Waals surface area contributed by atoms with Gasteiger partial charge in [0.2, 0.25) is 6.10 Å². The number of β-lactam (4-membered cyclic amide) rings is 1. The second-order valence-corrected chi connectivity index (χ2v) is 5.74. The number of carbonyl (C=O) groups is 2. The minimum Gasteiger partial charge on any atom is -0.450 e. The number of anilines is 1. The number of nitro groups is 1. The zero-order valence-corrected chi connectivity index (χ0v) is 13.9. The molecule has 0 saturated carbocycles. The summed E-state index contributed by atoms with van der Waals surface area (Å²) in [7, 11) is 0. The predicted molar refractivity (Wildman–Crippen MR) is 95.4 cm³/mol. The van der Waals surface area contributed by atoms with Crippen molar-refractivity contribution in [1.29, 1.82) is 0 Å². The Balaban J connectivity index is 1.95. The number of esters is 1. The van der Waals surface area contributed by atoms with Crippen LogP contribution in [0, 0.1) is 10.1 Å². The van der Waals surface area contributed by atoms with E-state index in [2.05, 4.69) is 0 Å². The molecule has 1 aliphatic heterocycles. The first-order chi connectivity index (χ1) is 12.5. The summed E-state index contributed by atoms with van der Waals surface area (Å²) in [6.45, 7) is 1.22. The average molecular weight is 352 g/mol. The van der Waals surface area contributed by atoms with Crippen molar-refractivity contribution in [2.24, 2.45) is 0 Å². The number of nitro benzene ring substituents is 1. The lowest BCUT2D eigenvalue weighted by atomic mass is 9.94. The second kappa shape index (κ2) is 7.18. The van der Waals surface area contributed by atoms with Crippen LogP contribution in [-0.4, -0.2) is 28.9 Å². The smallest absolute Gasteiger partial charge is 0.303 e. The van der Waals surface area contributed by atoms with Crippen LogP contribution in [0.1, 0.15) is 12.5 Å². The van der Waals surface area contributed by atoms with Crippen molar-refractivity contribution in [2.75, 3.05) is 4.90 Å². The number of hydrogen-bond acceptors (Lipinski definition) is 5. The van der Waals surface area contributed by atoms with E-state index in [1.807, 2.05) is 30.3 Å². The van der Waals surface area contributed by atoms with E-state index in [4.69, 9.17) is 4.74 Å². The molecule has 26 heavy (non-hydrogen) atoms. The van der Waals surface area contributed by atoms with Crippen LogP contribution in [0.25, 0.3) is 6.08 Å². The second-order valence-electron chi connectivity index (χ2n) is 5.74. The van der Waals surface area contributed by atoms with Gasteiger partial charge in [-0.2, -0.15) is 0 Å². The van der Waals surface area contributed by atoms with E-state index in [1.54, 1.807) is 18.2 Å². The molecule has 3 rings (SSSR count). The molecule has 132 valence electrons. The molecule has 7 heteroatoms. The molecule has 2 aromatic rings. The number of rotatable bonds is 5. The van der Waals surface area contributed by atoms with Gasteiger partial charge in [-0.1, -0.05) is 54.6 Å². The lowest BCUT2D eigenvalue weighted by Gasteiger charge is -2.44. The maximum atomic E-state index is 12.5. The summed E-state index contributed by atoms with van der Waals surface area (Å²) in [4.78, 5) is 35.8. The molecule has 2 atom stereocenters. The summed E-state index contributed by atoms with van der Waals surface area (Å²) in [6.07, 6.45) is 2.50. The minimum atomic E-state index is -0.993. The van der Waals surface area contributed by atoms with Crippen LogP contribution in [-0.2, 0) is 14.3 Å². The third-order valence-electron chi connectivity index (χ3n) is 4.01. The first-order valence-corrected chi connectivity index (χ1v) is 7.96. The van der Waals surface area contributed by atoms with Gasteiger partial charge in [-0.15, -0.1) is 0 Å². The summed E-state index contributed by atoms with van der Waals surface area (Å²) < 4.78 is 5.10. The van der Waals surface area contributed by atoms with Gasteiger partial charge in [-0.25, -0.2) is 0 Å². The fourth-order valence-electron chi connectivity index (χ4n) is 2.84. The zero-order chi connectivity index (χ0) is 18.7. The fraction of sp³-hybridized carbons (Fsp3) is 0.158. The standard InChI is InChI=1S/C19H16N2O5/c1-13(22)26-18-17(12-11-14-7-3-2-4-8-14)20(19(18)23)15-9-5-6-10-16(15)21(24)25/h2-12,17-18H,1H3/b12-11+/t17-,18-/m0/s1. The van der Waals surface area contributed by atoms with E-state index in [0.29, 0.717) is 0 Å². The number of benzene rings is 2. The van der Waals surface area contributed by atoms with E-state index in [1.165, 1.54) is 30.0 Å². The summed E-state index contributed by atoms with van der Waals surface area (Å²) in [5.41, 5.74) is 0.893. The Morgan fingerprint density at radius 3 is 2.46 bits per heavy atom. The minimum absolute atomic E-state index is 0.175. The quantitative estimate of drug-likeness (QED) is 0.357. The molecule has 0 aromatic heterocycles. The molecule has 1 heterocycles. The van der Waals surface area contributed by atoms with Gasteiger partial charge in [0.15, 0.2) is 0 Å². The van der Waals surface area contributed by atoms with Crippen molar-refractivity contribution < 1.29 is 19.2 Å². The molecule has 0 bridgehead atoms. The van der Waals surface area contributed by atoms with Crippen LogP contribution in [0.15, 0.2) is 60.7 Å². The van der Waals surface area contributed by atoms with Crippen molar-refractivity contribution in [2.45, 2.75) is 19.1 Å². The average Bonchev–Trinajstić information content (AvgIpc) is 2.63. The number of ether oxygens (including phenoxy) is 1. The van der Waals surface area contributed by atoms with Gasteiger partial charge in [0, 0.05) is 13.0 Å². The Morgan fingerprint density at radius 1 is 1.15 bits per heavy atom. The molecule has 0 aliphatic carbocycles. The van der Waals surface area contributed by atoms with Gasteiger partial charge >= 0.3 is 5.97 Å². The lowest BCUT2D eigenvalue weighted by molar-refractivity contribution is -0.384. The van der Waals surface area contributed by atoms with Gasteiger partial charge in [0.1, 0.15) is 11.7 Å². The Labute approximate surface area is 149 Å². The highest BCUT2D eigenvalue weighted by atomic mass is 16.6. The van der Waals surface area contributed by atoms with Gasteiger partial charge < -0.3 is 4.74 Å². The van der Waals surface area contributed by atoms with Gasteiger partial charge in [-0.05, 0) is 11.6 Å². The van der Waals surface area contributed by atoms with Gasteiger partial charge in [0.25, 0.3) is 11.6 Å². The Morgan fingerprint density at radius 2 is 1.81 bits per heavy atom. The summed E-state index contributed by atoms with van der Waals surface area (Å²) in [6, 6.07) is 14.8. The van der Waals surface area contributed by atoms with Crippen LogP contribution >= 0.6 is 0 Å². The molecule has 2 aromatic carbocycles. The molecule has 1 fully saturated rings. The Bertz CT molecular complexity index is 879. The molecule has 0 unspecified atom stereocenters. The molecule has 0 N–H and O–H groups in total. The molecular formula is C19H16N2O5. The number of nitrogens with zero attached hydrogens (tertiary/aromatic N) is 2. The molecular weight excluding hydrogens is 336 g/mol. The third kappa shape index (κ3) is 3.32. The Kier molecular flexibility index (Phi) is 4.79.